The summed E-state index contributed by atoms with van der Waals surface area (Å²) >= 11 is 5.19. The lowest BCUT2D eigenvalue weighted by Gasteiger charge is -2.12. The summed E-state index contributed by atoms with van der Waals surface area (Å²) in [6.07, 6.45) is 0.770. The highest BCUT2D eigenvalue weighted by molar-refractivity contribution is 7.80. The number of anilines is 1. The van der Waals surface area contributed by atoms with Crippen LogP contribution in [0.15, 0.2) is 48.5 Å². The van der Waals surface area contributed by atoms with Crippen molar-refractivity contribution in [3.8, 4) is 5.75 Å². The van der Waals surface area contributed by atoms with Crippen molar-refractivity contribution in [3.05, 3.63) is 59.7 Å². The number of carbonyl (C=O) groups is 2. The highest BCUT2D eigenvalue weighted by Crippen LogP contribution is 2.18. The zero-order valence-corrected chi connectivity index (χ0v) is 16.1. The van der Waals surface area contributed by atoms with Gasteiger partial charge in [0, 0.05) is 5.69 Å². The average Bonchev–Trinajstić information content (AvgIpc) is 2.67. The van der Waals surface area contributed by atoms with Gasteiger partial charge in [0.25, 0.3) is 5.91 Å². The van der Waals surface area contributed by atoms with E-state index in [1.807, 2.05) is 13.8 Å². The first-order valence-electron chi connectivity index (χ1n) is 8.66. The molecule has 0 saturated heterocycles. The van der Waals surface area contributed by atoms with Crippen LogP contribution in [0.1, 0.15) is 41.0 Å². The summed E-state index contributed by atoms with van der Waals surface area (Å²) in [6.45, 7) is 4.63. The van der Waals surface area contributed by atoms with E-state index in [1.54, 1.807) is 48.5 Å². The molecular weight excluding hydrogens is 364 g/mol. The summed E-state index contributed by atoms with van der Waals surface area (Å²) < 4.78 is 10.5. The normalized spacial score (nSPS) is 10.0. The lowest BCUT2D eigenvalue weighted by atomic mass is 10.2. The second kappa shape index (κ2) is 10.3. The molecule has 7 heteroatoms. The van der Waals surface area contributed by atoms with Crippen LogP contribution in [0.25, 0.3) is 0 Å². The lowest BCUT2D eigenvalue weighted by Crippen LogP contribution is -2.34. The highest BCUT2D eigenvalue weighted by atomic mass is 32.1. The van der Waals surface area contributed by atoms with Crippen LogP contribution in [0.5, 0.6) is 5.75 Å². The molecule has 0 fully saturated rings. The quantitative estimate of drug-likeness (QED) is 0.557. The van der Waals surface area contributed by atoms with Crippen molar-refractivity contribution in [1.82, 2.24) is 5.32 Å². The van der Waals surface area contributed by atoms with Crippen LogP contribution in [0, 0.1) is 0 Å². The Balaban J connectivity index is 1.95. The second-order valence-corrected chi connectivity index (χ2v) is 5.96. The van der Waals surface area contributed by atoms with Crippen molar-refractivity contribution in [2.24, 2.45) is 0 Å². The van der Waals surface area contributed by atoms with E-state index >= 15 is 0 Å². The predicted molar refractivity (Wildman–Crippen MR) is 108 cm³/mol. The molecule has 0 unspecified atom stereocenters. The van der Waals surface area contributed by atoms with Gasteiger partial charge in [-0.3, -0.25) is 10.1 Å². The third-order valence-corrected chi connectivity index (χ3v) is 3.68. The predicted octanol–water partition coefficient (Wildman–Crippen LogP) is 3.78. The maximum Gasteiger partial charge on any atom is 0.338 e. The van der Waals surface area contributed by atoms with Crippen LogP contribution in [-0.2, 0) is 4.74 Å². The number of benzene rings is 2. The van der Waals surface area contributed by atoms with Gasteiger partial charge in [-0.15, -0.1) is 0 Å². The van der Waals surface area contributed by atoms with E-state index in [9.17, 15) is 9.59 Å². The fraction of sp³-hybridized carbons (Fsp3) is 0.250. The van der Waals surface area contributed by atoms with E-state index in [1.165, 1.54) is 0 Å². The number of nitrogens with one attached hydrogen (secondary N) is 2. The largest absolute Gasteiger partial charge is 0.493 e. The third-order valence-electron chi connectivity index (χ3n) is 3.47. The van der Waals surface area contributed by atoms with Gasteiger partial charge in [-0.05, 0) is 62.0 Å². The van der Waals surface area contributed by atoms with Gasteiger partial charge in [0.1, 0.15) is 5.75 Å². The molecule has 0 aliphatic rings. The number of esters is 1. The zero-order valence-electron chi connectivity index (χ0n) is 15.3. The summed E-state index contributed by atoms with van der Waals surface area (Å²) in [5, 5.41) is 5.67. The van der Waals surface area contributed by atoms with Gasteiger partial charge in [-0.1, -0.05) is 19.1 Å². The summed E-state index contributed by atoms with van der Waals surface area (Å²) in [7, 11) is 0. The van der Waals surface area contributed by atoms with Crippen molar-refractivity contribution in [3.63, 3.8) is 0 Å². The Morgan fingerprint density at radius 3 is 2.41 bits per heavy atom. The summed E-state index contributed by atoms with van der Waals surface area (Å²) in [5.41, 5.74) is 1.50. The van der Waals surface area contributed by atoms with Crippen molar-refractivity contribution in [2.45, 2.75) is 20.3 Å². The van der Waals surface area contributed by atoms with E-state index in [0.717, 1.165) is 6.42 Å². The van der Waals surface area contributed by atoms with E-state index < -0.39 is 0 Å². The van der Waals surface area contributed by atoms with Crippen molar-refractivity contribution >= 4 is 34.9 Å². The molecule has 0 heterocycles. The Kier molecular flexibility index (Phi) is 7.76. The molecule has 0 bridgehead atoms. The van der Waals surface area contributed by atoms with Crippen molar-refractivity contribution in [2.75, 3.05) is 18.5 Å². The van der Waals surface area contributed by atoms with Crippen LogP contribution >= 0.6 is 12.2 Å². The Morgan fingerprint density at radius 2 is 1.74 bits per heavy atom. The van der Waals surface area contributed by atoms with Crippen molar-refractivity contribution < 1.29 is 19.1 Å². The van der Waals surface area contributed by atoms with Gasteiger partial charge >= 0.3 is 5.97 Å². The molecule has 2 rings (SSSR count). The Labute approximate surface area is 163 Å². The Bertz CT molecular complexity index is 806. The molecule has 1 amide bonds. The first-order valence-corrected chi connectivity index (χ1v) is 9.07. The van der Waals surface area contributed by atoms with Crippen LogP contribution < -0.4 is 15.4 Å². The molecule has 142 valence electrons. The van der Waals surface area contributed by atoms with Crippen molar-refractivity contribution in [1.29, 1.82) is 0 Å². The van der Waals surface area contributed by atoms with Gasteiger partial charge in [0.15, 0.2) is 5.11 Å². The molecule has 2 aromatic carbocycles. The zero-order chi connectivity index (χ0) is 19.6. The van der Waals surface area contributed by atoms with E-state index in [0.29, 0.717) is 35.8 Å². The minimum atomic E-state index is -0.369. The molecule has 0 radical (unpaired) electrons. The number of thiocarbonyl (C=S) groups is 1. The standard InChI is InChI=1S/C20H22N2O4S/c1-3-13-26-19(24)14-9-11-15(12-10-14)21-20(27)22-18(23)16-7-5-6-8-17(16)25-4-2/h5-12H,3-4,13H2,1-2H3,(H2,21,22,23,27). The number of ether oxygens (including phenoxy) is 2. The maximum absolute atomic E-state index is 12.4. The molecule has 0 aliphatic heterocycles. The van der Waals surface area contributed by atoms with E-state index in [-0.39, 0.29) is 17.0 Å². The van der Waals surface area contributed by atoms with Gasteiger partial charge < -0.3 is 14.8 Å². The first kappa shape index (κ1) is 20.4. The molecule has 6 nitrogen and oxygen atoms in total. The lowest BCUT2D eigenvalue weighted by molar-refractivity contribution is 0.0505. The van der Waals surface area contributed by atoms with Gasteiger partial charge in [0.05, 0.1) is 24.3 Å². The molecule has 0 saturated carbocycles. The number of carbonyl (C=O) groups excluding carboxylic acids is 2. The molecule has 2 N–H and O–H groups in total. The van der Waals surface area contributed by atoms with Crippen LogP contribution in [0.3, 0.4) is 0 Å². The van der Waals surface area contributed by atoms with Gasteiger partial charge in [-0.25, -0.2) is 4.79 Å². The maximum atomic E-state index is 12.4. The topological polar surface area (TPSA) is 76.7 Å². The Morgan fingerprint density at radius 1 is 1.04 bits per heavy atom. The first-order chi connectivity index (χ1) is 13.0. The molecule has 0 aliphatic carbocycles. The average molecular weight is 386 g/mol. The number of para-hydroxylation sites is 1. The van der Waals surface area contributed by atoms with Gasteiger partial charge in [-0.2, -0.15) is 0 Å². The summed E-state index contributed by atoms with van der Waals surface area (Å²) in [6, 6.07) is 13.6. The van der Waals surface area contributed by atoms with E-state index in [2.05, 4.69) is 10.6 Å². The number of hydrogen-bond donors (Lipinski definition) is 2. The fourth-order valence-electron chi connectivity index (χ4n) is 2.24. The molecule has 2 aromatic rings. The molecule has 0 atom stereocenters. The minimum absolute atomic E-state index is 0.146. The summed E-state index contributed by atoms with van der Waals surface area (Å²) in [4.78, 5) is 24.2. The van der Waals surface area contributed by atoms with Crippen LogP contribution in [-0.4, -0.2) is 30.2 Å². The van der Waals surface area contributed by atoms with Crippen LogP contribution in [0.4, 0.5) is 5.69 Å². The van der Waals surface area contributed by atoms with E-state index in [4.69, 9.17) is 21.7 Å². The number of amides is 1. The second-order valence-electron chi connectivity index (χ2n) is 5.55. The monoisotopic (exact) mass is 386 g/mol. The number of rotatable bonds is 7. The smallest absolute Gasteiger partial charge is 0.338 e. The fourth-order valence-corrected chi connectivity index (χ4v) is 2.45. The summed E-state index contributed by atoms with van der Waals surface area (Å²) in [5.74, 6) is -0.238. The molecule has 0 aromatic heterocycles. The molecule has 27 heavy (non-hydrogen) atoms. The molecular formula is C20H22N2O4S. The van der Waals surface area contributed by atoms with Gasteiger partial charge in [0.2, 0.25) is 0 Å². The number of hydrogen-bond acceptors (Lipinski definition) is 5. The SMILES string of the molecule is CCCOC(=O)c1ccc(NC(=S)NC(=O)c2ccccc2OCC)cc1. The Hall–Kier alpha value is -2.93. The highest BCUT2D eigenvalue weighted by Gasteiger charge is 2.13. The molecule has 0 spiro atoms. The minimum Gasteiger partial charge on any atom is -0.493 e. The third kappa shape index (κ3) is 6.07. The van der Waals surface area contributed by atoms with Crippen LogP contribution in [0.2, 0.25) is 0 Å².